The molecule has 2 aromatic rings. The van der Waals surface area contributed by atoms with Crippen LogP contribution in [-0.2, 0) is 0 Å². The van der Waals surface area contributed by atoms with Gasteiger partial charge in [-0.15, -0.1) is 5.10 Å². The lowest BCUT2D eigenvalue weighted by Gasteiger charge is -2.25. The van der Waals surface area contributed by atoms with Crippen LogP contribution in [0, 0.1) is 12.8 Å². The molecule has 0 spiro atoms. The molecule has 0 aliphatic heterocycles. The zero-order chi connectivity index (χ0) is 14.0. The predicted molar refractivity (Wildman–Crippen MR) is 76.3 cm³/mol. The highest BCUT2D eigenvalue weighted by molar-refractivity contribution is 5.44. The molecule has 1 atom stereocenters. The summed E-state index contributed by atoms with van der Waals surface area (Å²) in [7, 11) is 0. The summed E-state index contributed by atoms with van der Waals surface area (Å²) in [4.78, 5) is 4.39. The van der Waals surface area contributed by atoms with Crippen LogP contribution in [-0.4, -0.2) is 31.9 Å². The van der Waals surface area contributed by atoms with E-state index in [0.717, 1.165) is 17.8 Å². The van der Waals surface area contributed by atoms with Crippen molar-refractivity contribution in [1.82, 2.24) is 14.6 Å². The van der Waals surface area contributed by atoms with E-state index in [9.17, 15) is 5.11 Å². The molecular formula is C14H22N4O. The van der Waals surface area contributed by atoms with Gasteiger partial charge in [0, 0.05) is 12.2 Å². The number of hydrogen-bond acceptors (Lipinski definition) is 4. The number of fused-ring (bicyclic) bond motifs is 1. The molecule has 2 rings (SSSR count). The average molecular weight is 262 g/mol. The molecule has 0 fully saturated rings. The van der Waals surface area contributed by atoms with E-state index in [4.69, 9.17) is 0 Å². The molecule has 2 aromatic heterocycles. The van der Waals surface area contributed by atoms with Gasteiger partial charge >= 0.3 is 0 Å². The standard InChI is InChI=1S/C14H22N4O/c1-10(2)8-14(4,19)9-15-13-16-12-7-5-6-11(3)18(12)17-13/h5-7,10,19H,8-9H2,1-4H3,(H,15,17). The highest BCUT2D eigenvalue weighted by Crippen LogP contribution is 2.17. The van der Waals surface area contributed by atoms with Gasteiger partial charge in [0.05, 0.1) is 5.60 Å². The van der Waals surface area contributed by atoms with Crippen molar-refractivity contribution in [2.24, 2.45) is 5.92 Å². The molecule has 5 nitrogen and oxygen atoms in total. The number of rotatable bonds is 5. The van der Waals surface area contributed by atoms with E-state index in [0.29, 0.717) is 18.4 Å². The normalized spacial score (nSPS) is 14.8. The Morgan fingerprint density at radius 2 is 2.16 bits per heavy atom. The summed E-state index contributed by atoms with van der Waals surface area (Å²) < 4.78 is 1.79. The minimum atomic E-state index is -0.749. The Morgan fingerprint density at radius 1 is 1.42 bits per heavy atom. The number of nitrogens with one attached hydrogen (secondary N) is 1. The molecule has 0 aliphatic rings. The second-order valence-corrected chi connectivity index (χ2v) is 5.82. The predicted octanol–water partition coefficient (Wildman–Crippen LogP) is 2.25. The summed E-state index contributed by atoms with van der Waals surface area (Å²) in [5.41, 5.74) is 1.10. The van der Waals surface area contributed by atoms with Crippen molar-refractivity contribution >= 4 is 11.6 Å². The quantitative estimate of drug-likeness (QED) is 0.867. The number of anilines is 1. The maximum Gasteiger partial charge on any atom is 0.243 e. The minimum Gasteiger partial charge on any atom is -0.388 e. The molecule has 19 heavy (non-hydrogen) atoms. The first-order valence-electron chi connectivity index (χ1n) is 6.66. The molecule has 1 unspecified atom stereocenters. The highest BCUT2D eigenvalue weighted by Gasteiger charge is 2.22. The first-order chi connectivity index (χ1) is 8.87. The van der Waals surface area contributed by atoms with Crippen LogP contribution < -0.4 is 5.32 Å². The number of aromatic nitrogens is 3. The fourth-order valence-corrected chi connectivity index (χ4v) is 2.33. The monoisotopic (exact) mass is 262 g/mol. The molecule has 104 valence electrons. The van der Waals surface area contributed by atoms with Gasteiger partial charge in [-0.3, -0.25) is 0 Å². The number of aryl methyl sites for hydroxylation is 1. The number of pyridine rings is 1. The van der Waals surface area contributed by atoms with Gasteiger partial charge in [-0.05, 0) is 38.3 Å². The Bertz CT molecular complexity index is 560. The van der Waals surface area contributed by atoms with Crippen LogP contribution in [0.2, 0.25) is 0 Å². The van der Waals surface area contributed by atoms with Gasteiger partial charge in [-0.25, -0.2) is 4.52 Å². The lowest BCUT2D eigenvalue weighted by molar-refractivity contribution is 0.0514. The first-order valence-corrected chi connectivity index (χ1v) is 6.66. The second kappa shape index (κ2) is 5.17. The van der Waals surface area contributed by atoms with E-state index in [1.165, 1.54) is 0 Å². The minimum absolute atomic E-state index is 0.446. The van der Waals surface area contributed by atoms with Crippen LogP contribution in [0.3, 0.4) is 0 Å². The van der Waals surface area contributed by atoms with Crippen molar-refractivity contribution in [1.29, 1.82) is 0 Å². The van der Waals surface area contributed by atoms with Gasteiger partial charge in [0.2, 0.25) is 5.95 Å². The van der Waals surface area contributed by atoms with Crippen LogP contribution in [0.25, 0.3) is 5.65 Å². The van der Waals surface area contributed by atoms with Gasteiger partial charge < -0.3 is 10.4 Å². The van der Waals surface area contributed by atoms with E-state index < -0.39 is 5.60 Å². The Balaban J connectivity index is 2.08. The van der Waals surface area contributed by atoms with E-state index in [1.54, 1.807) is 4.52 Å². The molecule has 2 N–H and O–H groups in total. The number of hydrogen-bond donors (Lipinski definition) is 2. The van der Waals surface area contributed by atoms with Crippen LogP contribution in [0.5, 0.6) is 0 Å². The third-order valence-electron chi connectivity index (χ3n) is 3.02. The smallest absolute Gasteiger partial charge is 0.243 e. The van der Waals surface area contributed by atoms with Crippen LogP contribution in [0.1, 0.15) is 32.9 Å². The number of aliphatic hydroxyl groups is 1. The summed E-state index contributed by atoms with van der Waals surface area (Å²) in [6, 6.07) is 5.86. The summed E-state index contributed by atoms with van der Waals surface area (Å²) in [6.07, 6.45) is 0.742. The maximum absolute atomic E-state index is 10.3. The van der Waals surface area contributed by atoms with Gasteiger partial charge in [0.15, 0.2) is 5.65 Å². The molecule has 0 amide bonds. The Hall–Kier alpha value is -1.62. The van der Waals surface area contributed by atoms with E-state index >= 15 is 0 Å². The number of nitrogens with zero attached hydrogens (tertiary/aromatic N) is 3. The van der Waals surface area contributed by atoms with Crippen molar-refractivity contribution in [2.75, 3.05) is 11.9 Å². The van der Waals surface area contributed by atoms with Crippen LogP contribution in [0.15, 0.2) is 18.2 Å². The molecule has 0 saturated heterocycles. The third kappa shape index (κ3) is 3.44. The molecule has 0 aliphatic carbocycles. The molecular weight excluding hydrogens is 240 g/mol. The van der Waals surface area contributed by atoms with E-state index in [1.807, 2.05) is 32.0 Å². The Labute approximate surface area is 113 Å². The van der Waals surface area contributed by atoms with Gasteiger partial charge in [-0.2, -0.15) is 4.98 Å². The van der Waals surface area contributed by atoms with Crippen molar-refractivity contribution in [3.05, 3.63) is 23.9 Å². The van der Waals surface area contributed by atoms with Gasteiger partial charge in [0.25, 0.3) is 0 Å². The fourth-order valence-electron chi connectivity index (χ4n) is 2.33. The summed E-state index contributed by atoms with van der Waals surface area (Å²) in [5.74, 6) is 1.01. The molecule has 5 heteroatoms. The van der Waals surface area contributed by atoms with Crippen molar-refractivity contribution in [3.8, 4) is 0 Å². The largest absolute Gasteiger partial charge is 0.388 e. The lowest BCUT2D eigenvalue weighted by atomic mass is 9.94. The van der Waals surface area contributed by atoms with Crippen LogP contribution >= 0.6 is 0 Å². The SMILES string of the molecule is Cc1cccc2nc(NCC(C)(O)CC(C)C)nn12. The van der Waals surface area contributed by atoms with Gasteiger partial charge in [-0.1, -0.05) is 19.9 Å². The third-order valence-corrected chi connectivity index (χ3v) is 3.02. The van der Waals surface area contributed by atoms with Crippen molar-refractivity contribution in [2.45, 2.75) is 39.7 Å². The topological polar surface area (TPSA) is 62.5 Å². The fraction of sp³-hybridized carbons (Fsp3) is 0.571. The van der Waals surface area contributed by atoms with Crippen molar-refractivity contribution in [3.63, 3.8) is 0 Å². The van der Waals surface area contributed by atoms with E-state index in [2.05, 4.69) is 29.2 Å². The zero-order valence-corrected chi connectivity index (χ0v) is 12.0. The molecule has 0 aromatic carbocycles. The average Bonchev–Trinajstić information content (AvgIpc) is 2.69. The Kier molecular flexibility index (Phi) is 3.75. The summed E-state index contributed by atoms with van der Waals surface area (Å²) >= 11 is 0. The first kappa shape index (κ1) is 13.8. The summed E-state index contributed by atoms with van der Waals surface area (Å²) in [5, 5.41) is 17.7. The van der Waals surface area contributed by atoms with E-state index in [-0.39, 0.29) is 0 Å². The molecule has 0 bridgehead atoms. The molecule has 0 saturated carbocycles. The lowest BCUT2D eigenvalue weighted by Crippen LogP contribution is -2.35. The second-order valence-electron chi connectivity index (χ2n) is 5.82. The highest BCUT2D eigenvalue weighted by atomic mass is 16.3. The molecule has 0 radical (unpaired) electrons. The van der Waals surface area contributed by atoms with Crippen molar-refractivity contribution < 1.29 is 5.11 Å². The summed E-state index contributed by atoms with van der Waals surface area (Å²) in [6.45, 7) is 8.46. The van der Waals surface area contributed by atoms with Gasteiger partial charge in [0.1, 0.15) is 0 Å². The zero-order valence-electron chi connectivity index (χ0n) is 12.0. The maximum atomic E-state index is 10.3. The Morgan fingerprint density at radius 3 is 2.79 bits per heavy atom. The van der Waals surface area contributed by atoms with Crippen LogP contribution in [0.4, 0.5) is 5.95 Å². The molecule has 2 heterocycles.